The fourth-order valence-corrected chi connectivity index (χ4v) is 2.07. The van der Waals surface area contributed by atoms with E-state index in [1.807, 2.05) is 12.1 Å². The van der Waals surface area contributed by atoms with Gasteiger partial charge in [0.2, 0.25) is 0 Å². The third-order valence-corrected chi connectivity index (χ3v) is 2.87. The van der Waals surface area contributed by atoms with Gasteiger partial charge >= 0.3 is 0 Å². The number of rotatable bonds is 2. The summed E-state index contributed by atoms with van der Waals surface area (Å²) in [6, 6.07) is 7.10. The Morgan fingerprint density at radius 1 is 1.36 bits per heavy atom. The van der Waals surface area contributed by atoms with E-state index in [-0.39, 0.29) is 5.82 Å². The Bertz CT molecular complexity index is 292. The lowest BCUT2D eigenvalue weighted by Gasteiger charge is -2.22. The smallest absolute Gasteiger partial charge is 0.126 e. The van der Waals surface area contributed by atoms with E-state index in [9.17, 15) is 4.39 Å². The molecule has 1 atom stereocenters. The van der Waals surface area contributed by atoms with Gasteiger partial charge in [-0.3, -0.25) is 0 Å². The molecule has 0 spiro atoms. The summed E-state index contributed by atoms with van der Waals surface area (Å²) in [6.45, 7) is 2.15. The minimum absolute atomic E-state index is 0.0573. The molecule has 1 fully saturated rings. The second-order valence-corrected chi connectivity index (χ2v) is 4.01. The maximum atomic E-state index is 13.3. The number of halogens is 1. The highest BCUT2D eigenvalue weighted by molar-refractivity contribution is 5.17. The fourth-order valence-electron chi connectivity index (χ4n) is 2.07. The van der Waals surface area contributed by atoms with Gasteiger partial charge in [0.1, 0.15) is 5.82 Å². The monoisotopic (exact) mass is 193 g/mol. The van der Waals surface area contributed by atoms with Crippen LogP contribution in [-0.2, 0) is 6.42 Å². The Morgan fingerprint density at radius 2 is 2.21 bits per heavy atom. The van der Waals surface area contributed by atoms with E-state index in [1.165, 1.54) is 12.8 Å². The van der Waals surface area contributed by atoms with E-state index in [4.69, 9.17) is 0 Å². The molecule has 0 saturated carbocycles. The van der Waals surface area contributed by atoms with Crippen molar-refractivity contribution in [2.24, 2.45) is 5.92 Å². The van der Waals surface area contributed by atoms with Gasteiger partial charge in [-0.15, -0.1) is 0 Å². The molecule has 1 aromatic rings. The first-order valence-electron chi connectivity index (χ1n) is 5.30. The first-order valence-corrected chi connectivity index (χ1v) is 5.30. The molecule has 0 amide bonds. The van der Waals surface area contributed by atoms with Gasteiger partial charge < -0.3 is 5.32 Å². The lowest BCUT2D eigenvalue weighted by Crippen LogP contribution is -2.31. The molecule has 0 aliphatic carbocycles. The van der Waals surface area contributed by atoms with Crippen LogP contribution in [0.15, 0.2) is 24.3 Å². The van der Waals surface area contributed by atoms with Crippen LogP contribution < -0.4 is 5.32 Å². The van der Waals surface area contributed by atoms with E-state index in [0.29, 0.717) is 5.92 Å². The molecule has 0 unspecified atom stereocenters. The molecule has 1 N–H and O–H groups in total. The van der Waals surface area contributed by atoms with Crippen LogP contribution in [0.1, 0.15) is 18.4 Å². The quantitative estimate of drug-likeness (QED) is 0.760. The fraction of sp³-hybridized carbons (Fsp3) is 0.500. The van der Waals surface area contributed by atoms with Crippen molar-refractivity contribution in [3.8, 4) is 0 Å². The molecular weight excluding hydrogens is 177 g/mol. The summed E-state index contributed by atoms with van der Waals surface area (Å²) in [7, 11) is 0. The summed E-state index contributed by atoms with van der Waals surface area (Å²) in [6.07, 6.45) is 3.32. The van der Waals surface area contributed by atoms with Crippen molar-refractivity contribution < 1.29 is 4.39 Å². The van der Waals surface area contributed by atoms with Crippen LogP contribution in [0, 0.1) is 11.7 Å². The zero-order valence-electron chi connectivity index (χ0n) is 8.30. The van der Waals surface area contributed by atoms with Crippen molar-refractivity contribution in [1.29, 1.82) is 0 Å². The van der Waals surface area contributed by atoms with Gasteiger partial charge in [0.15, 0.2) is 0 Å². The lowest BCUT2D eigenvalue weighted by molar-refractivity contribution is 0.372. The van der Waals surface area contributed by atoms with Crippen LogP contribution in [0.25, 0.3) is 0 Å². The molecule has 1 aliphatic heterocycles. The lowest BCUT2D eigenvalue weighted by atomic mass is 9.92. The van der Waals surface area contributed by atoms with Crippen LogP contribution in [0.4, 0.5) is 4.39 Å². The Hall–Kier alpha value is -0.890. The van der Waals surface area contributed by atoms with Gasteiger partial charge in [0.25, 0.3) is 0 Å². The summed E-state index contributed by atoms with van der Waals surface area (Å²) < 4.78 is 13.3. The van der Waals surface area contributed by atoms with E-state index >= 15 is 0 Å². The summed E-state index contributed by atoms with van der Waals surface area (Å²) in [5, 5.41) is 3.35. The summed E-state index contributed by atoms with van der Waals surface area (Å²) in [4.78, 5) is 0. The SMILES string of the molecule is Fc1ccccc1C[C@@H]1CCCNC1. The van der Waals surface area contributed by atoms with Gasteiger partial charge in [0, 0.05) is 0 Å². The van der Waals surface area contributed by atoms with Crippen molar-refractivity contribution in [2.75, 3.05) is 13.1 Å². The number of hydrogen-bond acceptors (Lipinski definition) is 1. The normalized spacial score (nSPS) is 22.2. The molecule has 1 saturated heterocycles. The van der Waals surface area contributed by atoms with Crippen LogP contribution >= 0.6 is 0 Å². The molecule has 14 heavy (non-hydrogen) atoms. The number of hydrogen-bond donors (Lipinski definition) is 1. The van der Waals surface area contributed by atoms with E-state index in [0.717, 1.165) is 25.1 Å². The summed E-state index contributed by atoms with van der Waals surface area (Å²) >= 11 is 0. The Morgan fingerprint density at radius 3 is 2.93 bits per heavy atom. The van der Waals surface area contributed by atoms with Gasteiger partial charge in [-0.25, -0.2) is 4.39 Å². The predicted molar refractivity (Wildman–Crippen MR) is 55.7 cm³/mol. The van der Waals surface area contributed by atoms with Gasteiger partial charge in [-0.2, -0.15) is 0 Å². The first kappa shape index (κ1) is 9.66. The maximum Gasteiger partial charge on any atom is 0.126 e. The molecule has 1 nitrogen and oxygen atoms in total. The van der Waals surface area contributed by atoms with E-state index in [2.05, 4.69) is 5.32 Å². The third-order valence-electron chi connectivity index (χ3n) is 2.87. The average Bonchev–Trinajstić information content (AvgIpc) is 2.23. The largest absolute Gasteiger partial charge is 0.316 e. The van der Waals surface area contributed by atoms with Gasteiger partial charge in [-0.1, -0.05) is 18.2 Å². The van der Waals surface area contributed by atoms with Crippen molar-refractivity contribution >= 4 is 0 Å². The topological polar surface area (TPSA) is 12.0 Å². The van der Waals surface area contributed by atoms with Crippen molar-refractivity contribution in [3.05, 3.63) is 35.6 Å². The predicted octanol–water partition coefficient (Wildman–Crippen LogP) is 2.37. The minimum Gasteiger partial charge on any atom is -0.316 e. The molecule has 2 rings (SSSR count). The van der Waals surface area contributed by atoms with Crippen LogP contribution in [-0.4, -0.2) is 13.1 Å². The van der Waals surface area contributed by atoms with Crippen molar-refractivity contribution in [3.63, 3.8) is 0 Å². The molecule has 1 aromatic carbocycles. The molecule has 1 heterocycles. The van der Waals surface area contributed by atoms with Crippen LogP contribution in [0.2, 0.25) is 0 Å². The molecule has 0 radical (unpaired) electrons. The van der Waals surface area contributed by atoms with E-state index in [1.54, 1.807) is 12.1 Å². The first-order chi connectivity index (χ1) is 6.86. The standard InChI is InChI=1S/C12H16FN/c13-12-6-2-1-5-11(12)8-10-4-3-7-14-9-10/h1-2,5-6,10,14H,3-4,7-9H2/t10-/m0/s1. The molecule has 0 bridgehead atoms. The summed E-state index contributed by atoms with van der Waals surface area (Å²) in [5.41, 5.74) is 0.862. The second kappa shape index (κ2) is 4.56. The minimum atomic E-state index is -0.0573. The Labute approximate surface area is 84.3 Å². The summed E-state index contributed by atoms with van der Waals surface area (Å²) in [5.74, 6) is 0.554. The van der Waals surface area contributed by atoms with Crippen molar-refractivity contribution in [2.45, 2.75) is 19.3 Å². The molecular formula is C12H16FN. The highest BCUT2D eigenvalue weighted by Gasteiger charge is 2.14. The highest BCUT2D eigenvalue weighted by Crippen LogP contribution is 2.18. The van der Waals surface area contributed by atoms with Crippen molar-refractivity contribution in [1.82, 2.24) is 5.32 Å². The van der Waals surface area contributed by atoms with Gasteiger partial charge in [-0.05, 0) is 49.9 Å². The number of piperidine rings is 1. The third kappa shape index (κ3) is 2.32. The molecule has 0 aromatic heterocycles. The number of nitrogens with one attached hydrogen (secondary N) is 1. The van der Waals surface area contributed by atoms with Crippen LogP contribution in [0.5, 0.6) is 0 Å². The highest BCUT2D eigenvalue weighted by atomic mass is 19.1. The molecule has 2 heteroatoms. The van der Waals surface area contributed by atoms with Gasteiger partial charge in [0.05, 0.1) is 0 Å². The zero-order valence-corrected chi connectivity index (χ0v) is 8.30. The zero-order chi connectivity index (χ0) is 9.80. The Kier molecular flexibility index (Phi) is 3.14. The maximum absolute atomic E-state index is 13.3. The van der Waals surface area contributed by atoms with E-state index < -0.39 is 0 Å². The molecule has 76 valence electrons. The second-order valence-electron chi connectivity index (χ2n) is 4.01. The average molecular weight is 193 g/mol. The van der Waals surface area contributed by atoms with Crippen LogP contribution in [0.3, 0.4) is 0 Å². The molecule has 1 aliphatic rings. The number of benzene rings is 1. The Balaban J connectivity index is 1.99.